The van der Waals surface area contributed by atoms with E-state index in [0.717, 1.165) is 37.9 Å². The maximum Gasteiger partial charge on any atom is 0.157 e. The molecule has 104 valence electrons. The van der Waals surface area contributed by atoms with Gasteiger partial charge in [0.1, 0.15) is 5.75 Å². The van der Waals surface area contributed by atoms with Crippen LogP contribution in [0, 0.1) is 0 Å². The molecule has 3 rings (SSSR count). The van der Waals surface area contributed by atoms with E-state index in [4.69, 9.17) is 9.47 Å². The molecule has 1 aliphatic heterocycles. The summed E-state index contributed by atoms with van der Waals surface area (Å²) < 4.78 is 11.5. The monoisotopic (exact) mass is 264 g/mol. The minimum absolute atomic E-state index is 0.0348. The molecular weight excluding hydrogens is 244 g/mol. The van der Waals surface area contributed by atoms with E-state index in [-0.39, 0.29) is 18.1 Å². The lowest BCUT2D eigenvalue weighted by Crippen LogP contribution is -2.32. The van der Waals surface area contributed by atoms with Gasteiger partial charge in [-0.15, -0.1) is 0 Å². The summed E-state index contributed by atoms with van der Waals surface area (Å²) in [6.45, 7) is 0.761. The van der Waals surface area contributed by atoms with Gasteiger partial charge in [-0.05, 0) is 37.3 Å². The number of phenols is 1. The fourth-order valence-corrected chi connectivity index (χ4v) is 2.99. The number of hydrogen-bond donors (Lipinski definition) is 2. The van der Waals surface area contributed by atoms with E-state index < -0.39 is 6.10 Å². The summed E-state index contributed by atoms with van der Waals surface area (Å²) in [7, 11) is 0. The first-order chi connectivity index (χ1) is 9.24. The predicted molar refractivity (Wildman–Crippen MR) is 69.9 cm³/mol. The van der Waals surface area contributed by atoms with Gasteiger partial charge in [0.25, 0.3) is 0 Å². The number of ether oxygens (including phenoxy) is 2. The Labute approximate surface area is 113 Å². The zero-order chi connectivity index (χ0) is 13.2. The van der Waals surface area contributed by atoms with Gasteiger partial charge in [-0.3, -0.25) is 0 Å². The van der Waals surface area contributed by atoms with Crippen LogP contribution in [0.1, 0.15) is 42.9 Å². The van der Waals surface area contributed by atoms with Crippen LogP contribution in [0.15, 0.2) is 18.2 Å². The Bertz CT molecular complexity index is 440. The molecule has 2 unspecified atom stereocenters. The Kier molecular flexibility index (Phi) is 3.73. The van der Waals surface area contributed by atoms with Crippen LogP contribution in [-0.2, 0) is 15.9 Å². The Morgan fingerprint density at radius 1 is 1.26 bits per heavy atom. The molecule has 0 aromatic heterocycles. The van der Waals surface area contributed by atoms with E-state index in [1.54, 1.807) is 12.1 Å². The van der Waals surface area contributed by atoms with Gasteiger partial charge in [-0.1, -0.05) is 12.1 Å². The topological polar surface area (TPSA) is 58.9 Å². The van der Waals surface area contributed by atoms with Gasteiger partial charge in [0.2, 0.25) is 0 Å². The second-order valence-electron chi connectivity index (χ2n) is 5.36. The minimum atomic E-state index is -0.654. The van der Waals surface area contributed by atoms with Crippen LogP contribution in [0.2, 0.25) is 0 Å². The van der Waals surface area contributed by atoms with Gasteiger partial charge in [0.15, 0.2) is 6.29 Å². The van der Waals surface area contributed by atoms with Crippen LogP contribution in [0.4, 0.5) is 0 Å². The smallest absolute Gasteiger partial charge is 0.157 e. The molecule has 1 aromatic rings. The van der Waals surface area contributed by atoms with Gasteiger partial charge in [0, 0.05) is 18.6 Å². The molecule has 2 N–H and O–H groups in total. The summed E-state index contributed by atoms with van der Waals surface area (Å²) in [6.07, 6.45) is 3.59. The van der Waals surface area contributed by atoms with Crippen molar-refractivity contribution in [2.24, 2.45) is 0 Å². The minimum Gasteiger partial charge on any atom is -0.508 e. The zero-order valence-electron chi connectivity index (χ0n) is 10.9. The number of phenolic OH excluding ortho intramolecular Hbond substituents is 1. The van der Waals surface area contributed by atoms with Crippen LogP contribution in [0.25, 0.3) is 0 Å². The third kappa shape index (κ3) is 2.76. The highest BCUT2D eigenvalue weighted by molar-refractivity contribution is 5.42. The molecule has 1 aromatic carbocycles. The van der Waals surface area contributed by atoms with E-state index >= 15 is 0 Å². The Hall–Kier alpha value is -1.10. The standard InChI is InChI=1S/C15H20O4/c16-12-5-3-4-10-8-11(9-13(17)15(10)12)19-14-6-1-2-7-18-14/h3-5,11,13-14,16-17H,1-2,6-9H2/t11-,13?,14?/m1/s1. The SMILES string of the molecule is Oc1cccc2c1C(O)C[C@H](OC1CCCCO1)C2. The number of rotatable bonds is 2. The fourth-order valence-electron chi connectivity index (χ4n) is 2.99. The first kappa shape index (κ1) is 12.9. The van der Waals surface area contributed by atoms with Crippen molar-refractivity contribution in [3.05, 3.63) is 29.3 Å². The van der Waals surface area contributed by atoms with Gasteiger partial charge in [-0.25, -0.2) is 0 Å². The van der Waals surface area contributed by atoms with Gasteiger partial charge in [0.05, 0.1) is 12.2 Å². The van der Waals surface area contributed by atoms with Crippen LogP contribution >= 0.6 is 0 Å². The van der Waals surface area contributed by atoms with E-state index in [1.165, 1.54) is 0 Å². The van der Waals surface area contributed by atoms with Crippen molar-refractivity contribution in [1.29, 1.82) is 0 Å². The summed E-state index contributed by atoms with van der Waals surface area (Å²) in [5.41, 5.74) is 1.63. The summed E-state index contributed by atoms with van der Waals surface area (Å²) in [5.74, 6) is 0.178. The molecule has 1 saturated heterocycles. The van der Waals surface area contributed by atoms with E-state index in [1.807, 2.05) is 6.07 Å². The second-order valence-corrected chi connectivity index (χ2v) is 5.36. The third-order valence-electron chi connectivity index (χ3n) is 3.92. The summed E-state index contributed by atoms with van der Waals surface area (Å²) >= 11 is 0. The molecule has 3 atom stereocenters. The van der Waals surface area contributed by atoms with Crippen molar-refractivity contribution < 1.29 is 19.7 Å². The number of aliphatic hydroxyl groups excluding tert-OH is 1. The van der Waals surface area contributed by atoms with Crippen molar-refractivity contribution in [3.63, 3.8) is 0 Å². The lowest BCUT2D eigenvalue weighted by atomic mass is 9.87. The second kappa shape index (κ2) is 5.49. The Morgan fingerprint density at radius 3 is 2.95 bits per heavy atom. The molecule has 0 amide bonds. The lowest BCUT2D eigenvalue weighted by Gasteiger charge is -2.33. The molecule has 0 spiro atoms. The van der Waals surface area contributed by atoms with Crippen molar-refractivity contribution in [2.45, 2.75) is 50.6 Å². The molecule has 0 bridgehead atoms. The highest BCUT2D eigenvalue weighted by Gasteiger charge is 2.30. The maximum absolute atomic E-state index is 10.2. The van der Waals surface area contributed by atoms with Gasteiger partial charge < -0.3 is 19.7 Å². The highest BCUT2D eigenvalue weighted by atomic mass is 16.7. The van der Waals surface area contributed by atoms with Crippen molar-refractivity contribution in [1.82, 2.24) is 0 Å². The van der Waals surface area contributed by atoms with Crippen LogP contribution in [0.5, 0.6) is 5.75 Å². The van der Waals surface area contributed by atoms with Crippen LogP contribution in [0.3, 0.4) is 0 Å². The molecular formula is C15H20O4. The maximum atomic E-state index is 10.2. The van der Waals surface area contributed by atoms with Gasteiger partial charge in [-0.2, -0.15) is 0 Å². The summed E-state index contributed by atoms with van der Waals surface area (Å²) in [6, 6.07) is 5.36. The first-order valence-corrected chi connectivity index (χ1v) is 7.00. The fraction of sp³-hybridized carbons (Fsp3) is 0.600. The number of fused-ring (bicyclic) bond motifs is 1. The molecule has 0 saturated carbocycles. The quantitative estimate of drug-likeness (QED) is 0.860. The zero-order valence-corrected chi connectivity index (χ0v) is 10.9. The Balaban J connectivity index is 1.70. The van der Waals surface area contributed by atoms with E-state index in [9.17, 15) is 10.2 Å². The molecule has 4 nitrogen and oxygen atoms in total. The summed E-state index contributed by atoms with van der Waals surface area (Å²) in [5, 5.41) is 20.0. The van der Waals surface area contributed by atoms with Crippen LogP contribution < -0.4 is 0 Å². The summed E-state index contributed by atoms with van der Waals surface area (Å²) in [4.78, 5) is 0. The highest BCUT2D eigenvalue weighted by Crippen LogP contribution is 2.37. The van der Waals surface area contributed by atoms with E-state index in [2.05, 4.69) is 0 Å². The molecule has 19 heavy (non-hydrogen) atoms. The largest absolute Gasteiger partial charge is 0.508 e. The number of aliphatic hydroxyl groups is 1. The van der Waals surface area contributed by atoms with Crippen molar-refractivity contribution in [2.75, 3.05) is 6.61 Å². The number of benzene rings is 1. The molecule has 4 heteroatoms. The van der Waals surface area contributed by atoms with Crippen LogP contribution in [-0.4, -0.2) is 29.2 Å². The first-order valence-electron chi connectivity index (χ1n) is 7.00. The van der Waals surface area contributed by atoms with Gasteiger partial charge >= 0.3 is 0 Å². The molecule has 2 aliphatic rings. The number of aromatic hydroxyl groups is 1. The average Bonchev–Trinajstić information content (AvgIpc) is 2.39. The predicted octanol–water partition coefficient (Wildman–Crippen LogP) is 2.28. The normalized spacial score (nSPS) is 30.9. The van der Waals surface area contributed by atoms with Crippen molar-refractivity contribution >= 4 is 0 Å². The number of hydrogen-bond acceptors (Lipinski definition) is 4. The van der Waals surface area contributed by atoms with Crippen molar-refractivity contribution in [3.8, 4) is 5.75 Å². The molecule has 1 aliphatic carbocycles. The average molecular weight is 264 g/mol. The lowest BCUT2D eigenvalue weighted by molar-refractivity contribution is -0.194. The molecule has 1 fully saturated rings. The molecule has 0 radical (unpaired) electrons. The Morgan fingerprint density at radius 2 is 2.16 bits per heavy atom. The molecule has 1 heterocycles. The third-order valence-corrected chi connectivity index (χ3v) is 3.92. The van der Waals surface area contributed by atoms with E-state index in [0.29, 0.717) is 12.0 Å².